The molecule has 20 heavy (non-hydrogen) atoms. The Morgan fingerprint density at radius 3 is 2.75 bits per heavy atom. The normalized spacial score (nSPS) is 10.7. The molecule has 0 saturated carbocycles. The van der Waals surface area contributed by atoms with Gasteiger partial charge in [-0.15, -0.1) is 11.3 Å². The molecule has 108 valence electrons. The monoisotopic (exact) mass is 294 g/mol. The minimum absolute atomic E-state index is 0.0128. The SMILES string of the molecule is CNc1nc(OC(C)C)nc(N(C)Cc2cscn2)n1. The molecule has 0 aliphatic rings. The molecule has 0 fully saturated rings. The van der Waals surface area contributed by atoms with Gasteiger partial charge in [-0.3, -0.25) is 0 Å². The van der Waals surface area contributed by atoms with E-state index in [4.69, 9.17) is 4.74 Å². The zero-order valence-corrected chi connectivity index (χ0v) is 12.8. The summed E-state index contributed by atoms with van der Waals surface area (Å²) >= 11 is 1.57. The maximum atomic E-state index is 5.54. The van der Waals surface area contributed by atoms with Gasteiger partial charge in [-0.05, 0) is 13.8 Å². The summed E-state index contributed by atoms with van der Waals surface area (Å²) in [5.74, 6) is 1.03. The Morgan fingerprint density at radius 2 is 2.15 bits per heavy atom. The fourth-order valence-electron chi connectivity index (χ4n) is 1.52. The number of hydrogen-bond acceptors (Lipinski definition) is 8. The Labute approximate surface area is 122 Å². The first kappa shape index (κ1) is 14.4. The lowest BCUT2D eigenvalue weighted by molar-refractivity contribution is 0.222. The van der Waals surface area contributed by atoms with Crippen molar-refractivity contribution >= 4 is 23.2 Å². The van der Waals surface area contributed by atoms with Crippen molar-refractivity contribution in [1.82, 2.24) is 19.9 Å². The van der Waals surface area contributed by atoms with Crippen LogP contribution in [0, 0.1) is 0 Å². The standard InChI is InChI=1S/C12H18N6OS/c1-8(2)19-12-16-10(13-3)15-11(17-12)18(4)5-9-6-20-7-14-9/h6-8H,5H2,1-4H3,(H,13,15,16,17). The summed E-state index contributed by atoms with van der Waals surface area (Å²) in [6.45, 7) is 4.50. The van der Waals surface area contributed by atoms with Crippen molar-refractivity contribution in [3.63, 3.8) is 0 Å². The van der Waals surface area contributed by atoms with Crippen LogP contribution in [0.2, 0.25) is 0 Å². The molecule has 0 bridgehead atoms. The van der Waals surface area contributed by atoms with E-state index >= 15 is 0 Å². The largest absolute Gasteiger partial charge is 0.461 e. The van der Waals surface area contributed by atoms with E-state index < -0.39 is 0 Å². The number of rotatable bonds is 6. The van der Waals surface area contributed by atoms with Gasteiger partial charge in [-0.25, -0.2) is 4.98 Å². The molecule has 0 radical (unpaired) electrons. The topological polar surface area (TPSA) is 76.1 Å². The minimum atomic E-state index is 0.0128. The summed E-state index contributed by atoms with van der Waals surface area (Å²) in [5, 5.41) is 4.91. The maximum absolute atomic E-state index is 5.54. The molecule has 0 saturated heterocycles. The number of aromatic nitrogens is 4. The van der Waals surface area contributed by atoms with E-state index in [0.29, 0.717) is 24.5 Å². The molecule has 0 unspecified atom stereocenters. The highest BCUT2D eigenvalue weighted by atomic mass is 32.1. The molecule has 2 aromatic heterocycles. The highest BCUT2D eigenvalue weighted by molar-refractivity contribution is 7.07. The lowest BCUT2D eigenvalue weighted by atomic mass is 10.4. The predicted octanol–water partition coefficient (Wildman–Crippen LogP) is 1.79. The van der Waals surface area contributed by atoms with Gasteiger partial charge in [0, 0.05) is 19.5 Å². The third-order valence-electron chi connectivity index (χ3n) is 2.39. The number of hydrogen-bond donors (Lipinski definition) is 1. The van der Waals surface area contributed by atoms with Gasteiger partial charge < -0.3 is 15.0 Å². The summed E-state index contributed by atoms with van der Waals surface area (Å²) < 4.78 is 5.54. The Kier molecular flexibility index (Phi) is 4.67. The van der Waals surface area contributed by atoms with E-state index in [9.17, 15) is 0 Å². The van der Waals surface area contributed by atoms with Crippen molar-refractivity contribution in [1.29, 1.82) is 0 Å². The van der Waals surface area contributed by atoms with Crippen LogP contribution in [0.4, 0.5) is 11.9 Å². The first-order chi connectivity index (χ1) is 9.58. The highest BCUT2D eigenvalue weighted by Gasteiger charge is 2.12. The first-order valence-corrected chi connectivity index (χ1v) is 7.21. The number of ether oxygens (including phenoxy) is 1. The molecular formula is C12H18N6OS. The first-order valence-electron chi connectivity index (χ1n) is 6.27. The van der Waals surface area contributed by atoms with E-state index in [0.717, 1.165) is 5.69 Å². The van der Waals surface area contributed by atoms with Gasteiger partial charge in [0.15, 0.2) is 0 Å². The third-order valence-corrected chi connectivity index (χ3v) is 3.03. The van der Waals surface area contributed by atoms with E-state index in [1.165, 1.54) is 0 Å². The highest BCUT2D eigenvalue weighted by Crippen LogP contribution is 2.16. The second-order valence-corrected chi connectivity index (χ2v) is 5.21. The van der Waals surface area contributed by atoms with Crippen LogP contribution < -0.4 is 15.0 Å². The van der Waals surface area contributed by atoms with Crippen LogP contribution in [0.15, 0.2) is 10.9 Å². The molecule has 0 aliphatic carbocycles. The summed E-state index contributed by atoms with van der Waals surface area (Å²) in [5.41, 5.74) is 2.79. The van der Waals surface area contributed by atoms with Crippen LogP contribution in [0.5, 0.6) is 6.01 Å². The van der Waals surface area contributed by atoms with Crippen molar-refractivity contribution in [2.45, 2.75) is 26.5 Å². The zero-order chi connectivity index (χ0) is 14.5. The molecule has 2 aromatic rings. The Hall–Kier alpha value is -1.96. The fraction of sp³-hybridized carbons (Fsp3) is 0.500. The molecule has 2 heterocycles. The lowest BCUT2D eigenvalue weighted by Crippen LogP contribution is -2.21. The van der Waals surface area contributed by atoms with Crippen LogP contribution in [0.1, 0.15) is 19.5 Å². The second kappa shape index (κ2) is 6.47. The fourth-order valence-corrected chi connectivity index (χ4v) is 2.07. The van der Waals surface area contributed by atoms with Crippen molar-refractivity contribution < 1.29 is 4.74 Å². The lowest BCUT2D eigenvalue weighted by Gasteiger charge is -2.17. The second-order valence-electron chi connectivity index (χ2n) is 4.49. The molecular weight excluding hydrogens is 276 g/mol. The van der Waals surface area contributed by atoms with E-state index in [2.05, 4.69) is 25.3 Å². The number of nitrogens with zero attached hydrogens (tertiary/aromatic N) is 5. The quantitative estimate of drug-likeness (QED) is 0.870. The summed E-state index contributed by atoms with van der Waals surface area (Å²) in [7, 11) is 3.67. The van der Waals surface area contributed by atoms with Gasteiger partial charge >= 0.3 is 6.01 Å². The number of nitrogens with one attached hydrogen (secondary N) is 1. The van der Waals surface area contributed by atoms with Crippen LogP contribution >= 0.6 is 11.3 Å². The molecule has 7 nitrogen and oxygen atoms in total. The predicted molar refractivity (Wildman–Crippen MR) is 79.4 cm³/mol. The molecule has 0 aromatic carbocycles. The van der Waals surface area contributed by atoms with Crippen molar-refractivity contribution in [2.75, 3.05) is 24.3 Å². The summed E-state index contributed by atoms with van der Waals surface area (Å²) in [6.07, 6.45) is 0.0128. The third kappa shape index (κ3) is 3.77. The molecule has 0 amide bonds. The summed E-state index contributed by atoms with van der Waals surface area (Å²) in [4.78, 5) is 19.0. The Bertz CT molecular complexity index is 545. The maximum Gasteiger partial charge on any atom is 0.323 e. The molecule has 0 aliphatic heterocycles. The molecule has 8 heteroatoms. The smallest absolute Gasteiger partial charge is 0.323 e. The van der Waals surface area contributed by atoms with Gasteiger partial charge in [0.25, 0.3) is 0 Å². The minimum Gasteiger partial charge on any atom is -0.461 e. The van der Waals surface area contributed by atoms with Gasteiger partial charge in [-0.1, -0.05) is 0 Å². The number of thiazole rings is 1. The van der Waals surface area contributed by atoms with Crippen LogP contribution in [-0.2, 0) is 6.54 Å². The van der Waals surface area contributed by atoms with Crippen LogP contribution in [0.25, 0.3) is 0 Å². The van der Waals surface area contributed by atoms with Gasteiger partial charge in [-0.2, -0.15) is 15.0 Å². The average Bonchev–Trinajstić information content (AvgIpc) is 2.90. The van der Waals surface area contributed by atoms with Gasteiger partial charge in [0.1, 0.15) is 0 Å². The average molecular weight is 294 g/mol. The van der Waals surface area contributed by atoms with Gasteiger partial charge in [0.05, 0.1) is 23.9 Å². The molecule has 0 atom stereocenters. The van der Waals surface area contributed by atoms with Crippen LogP contribution in [0.3, 0.4) is 0 Å². The van der Waals surface area contributed by atoms with Crippen molar-refractivity contribution in [2.24, 2.45) is 0 Å². The summed E-state index contributed by atoms with van der Waals surface area (Å²) in [6, 6.07) is 0.319. The zero-order valence-electron chi connectivity index (χ0n) is 12.0. The van der Waals surface area contributed by atoms with Crippen molar-refractivity contribution in [3.05, 3.63) is 16.6 Å². The molecule has 1 N–H and O–H groups in total. The van der Waals surface area contributed by atoms with Crippen LogP contribution in [-0.4, -0.2) is 40.1 Å². The molecule has 0 spiro atoms. The Morgan fingerprint density at radius 1 is 1.35 bits per heavy atom. The van der Waals surface area contributed by atoms with E-state index in [-0.39, 0.29) is 6.10 Å². The van der Waals surface area contributed by atoms with Crippen molar-refractivity contribution in [3.8, 4) is 6.01 Å². The number of anilines is 2. The van der Waals surface area contributed by atoms with E-state index in [1.807, 2.05) is 36.7 Å². The van der Waals surface area contributed by atoms with E-state index in [1.54, 1.807) is 18.4 Å². The molecule has 2 rings (SSSR count). The van der Waals surface area contributed by atoms with Gasteiger partial charge in [0.2, 0.25) is 11.9 Å². The Balaban J connectivity index is 2.20.